The zero-order valence-corrected chi connectivity index (χ0v) is 8.14. The number of rotatable bonds is 0. The molecule has 2 aromatic rings. The minimum Gasteiger partial charge on any atom is -0.346 e. The first-order valence-electron chi connectivity index (χ1n) is 4.92. The number of benzene rings is 1. The Bertz CT molecular complexity index is 614. The van der Waals surface area contributed by atoms with Crippen LogP contribution in [0.3, 0.4) is 0 Å². The minimum atomic E-state index is 0.911. The fraction of sp³-hybridized carbons (Fsp3) is 0. The summed E-state index contributed by atoms with van der Waals surface area (Å²) in [6.07, 6.45) is 5.93. The van der Waals surface area contributed by atoms with Gasteiger partial charge in [-0.05, 0) is 28.6 Å². The van der Waals surface area contributed by atoms with Gasteiger partial charge in [0.1, 0.15) is 5.82 Å². The van der Waals surface area contributed by atoms with E-state index in [1.165, 1.54) is 10.4 Å². The van der Waals surface area contributed by atoms with Crippen LogP contribution in [0.5, 0.6) is 0 Å². The maximum absolute atomic E-state index is 4.29. The minimum absolute atomic E-state index is 0.911. The van der Waals surface area contributed by atoms with E-state index in [-0.39, 0.29) is 0 Å². The van der Waals surface area contributed by atoms with Crippen LogP contribution in [-0.2, 0) is 0 Å². The standard InChI is InChI=1S/C13H10N2/c1-2-5-12-9-15-13-11(6-3-7-14-13)8-10(12)4-1/h1-9H,(H,14,15). The van der Waals surface area contributed by atoms with Crippen LogP contribution >= 0.6 is 0 Å². The molecule has 3 rings (SSSR count). The van der Waals surface area contributed by atoms with Crippen molar-refractivity contribution in [2.45, 2.75) is 0 Å². The van der Waals surface area contributed by atoms with Crippen LogP contribution in [-0.4, -0.2) is 4.98 Å². The third-order valence-electron chi connectivity index (χ3n) is 2.51. The summed E-state index contributed by atoms with van der Waals surface area (Å²) in [5.74, 6) is 0.911. The summed E-state index contributed by atoms with van der Waals surface area (Å²) in [4.78, 5) is 4.29. The number of aromatic nitrogens is 1. The van der Waals surface area contributed by atoms with E-state index < -0.39 is 0 Å². The predicted molar refractivity (Wildman–Crippen MR) is 61.6 cm³/mol. The molecule has 15 heavy (non-hydrogen) atoms. The summed E-state index contributed by atoms with van der Waals surface area (Å²) < 4.78 is 0. The van der Waals surface area contributed by atoms with Gasteiger partial charge in [0.2, 0.25) is 0 Å². The first-order chi connectivity index (χ1) is 7.43. The zero-order valence-electron chi connectivity index (χ0n) is 8.14. The Hall–Kier alpha value is -2.09. The van der Waals surface area contributed by atoms with Gasteiger partial charge in [0.05, 0.1) is 0 Å². The molecule has 2 heteroatoms. The molecule has 1 aliphatic heterocycles. The van der Waals surface area contributed by atoms with E-state index in [2.05, 4.69) is 34.6 Å². The molecule has 0 aliphatic carbocycles. The normalized spacial score (nSPS) is 12.3. The van der Waals surface area contributed by atoms with Crippen molar-refractivity contribution in [1.29, 1.82) is 0 Å². The van der Waals surface area contributed by atoms with Crippen molar-refractivity contribution >= 4 is 18.1 Å². The lowest BCUT2D eigenvalue weighted by atomic mass is 10.2. The summed E-state index contributed by atoms with van der Waals surface area (Å²) in [7, 11) is 0. The first kappa shape index (κ1) is 8.24. The Labute approximate surface area is 87.6 Å². The topological polar surface area (TPSA) is 24.9 Å². The number of hydrogen-bond acceptors (Lipinski definition) is 2. The summed E-state index contributed by atoms with van der Waals surface area (Å²) in [5.41, 5.74) is 1.12. The van der Waals surface area contributed by atoms with E-state index in [0.717, 1.165) is 11.4 Å². The largest absolute Gasteiger partial charge is 0.346 e. The third-order valence-corrected chi connectivity index (χ3v) is 2.51. The monoisotopic (exact) mass is 194 g/mol. The molecule has 1 N–H and O–H groups in total. The molecular weight excluding hydrogens is 184 g/mol. The second kappa shape index (κ2) is 3.24. The van der Waals surface area contributed by atoms with Gasteiger partial charge >= 0.3 is 0 Å². The van der Waals surface area contributed by atoms with Crippen LogP contribution in [0, 0.1) is 0 Å². The summed E-state index contributed by atoms with van der Waals surface area (Å²) in [5, 5.41) is 5.62. The van der Waals surface area contributed by atoms with E-state index in [1.54, 1.807) is 6.20 Å². The van der Waals surface area contributed by atoms with Crippen molar-refractivity contribution < 1.29 is 0 Å². The fourth-order valence-corrected chi connectivity index (χ4v) is 1.74. The molecule has 0 unspecified atom stereocenters. The van der Waals surface area contributed by atoms with Crippen LogP contribution in [0.4, 0.5) is 5.82 Å². The van der Waals surface area contributed by atoms with Crippen LogP contribution in [0.25, 0.3) is 12.3 Å². The van der Waals surface area contributed by atoms with E-state index in [4.69, 9.17) is 0 Å². The van der Waals surface area contributed by atoms with Crippen molar-refractivity contribution in [2.75, 3.05) is 5.32 Å². The Morgan fingerprint density at radius 1 is 0.933 bits per heavy atom. The highest BCUT2D eigenvalue weighted by atomic mass is 15.0. The van der Waals surface area contributed by atoms with Gasteiger partial charge in [-0.15, -0.1) is 0 Å². The lowest BCUT2D eigenvalue weighted by Crippen LogP contribution is -2.23. The quantitative estimate of drug-likeness (QED) is 0.678. The SMILES string of the molecule is C1=c2ccccc2=Cc2cccnc2N1. The lowest BCUT2D eigenvalue weighted by Gasteiger charge is -2.00. The molecule has 0 atom stereocenters. The molecule has 0 radical (unpaired) electrons. The molecule has 0 fully saturated rings. The van der Waals surface area contributed by atoms with Crippen molar-refractivity contribution in [2.24, 2.45) is 0 Å². The molecule has 0 bridgehead atoms. The van der Waals surface area contributed by atoms with Crippen LogP contribution in [0.2, 0.25) is 0 Å². The van der Waals surface area contributed by atoms with Crippen LogP contribution in [0.15, 0.2) is 42.6 Å². The molecule has 1 aromatic heterocycles. The van der Waals surface area contributed by atoms with Crippen molar-refractivity contribution in [3.05, 3.63) is 58.6 Å². The van der Waals surface area contributed by atoms with Gasteiger partial charge in [-0.1, -0.05) is 24.3 Å². The number of hydrogen-bond donors (Lipinski definition) is 1. The average molecular weight is 194 g/mol. The predicted octanol–water partition coefficient (Wildman–Crippen LogP) is 1.07. The number of nitrogens with one attached hydrogen (secondary N) is 1. The third kappa shape index (κ3) is 1.40. The Kier molecular flexibility index (Phi) is 1.78. The zero-order chi connectivity index (χ0) is 10.1. The van der Waals surface area contributed by atoms with Gasteiger partial charge in [-0.3, -0.25) is 0 Å². The molecule has 0 saturated carbocycles. The number of pyridine rings is 1. The van der Waals surface area contributed by atoms with Gasteiger partial charge in [-0.25, -0.2) is 4.98 Å². The summed E-state index contributed by atoms with van der Waals surface area (Å²) >= 11 is 0. The number of anilines is 1. The maximum Gasteiger partial charge on any atom is 0.137 e. The van der Waals surface area contributed by atoms with Crippen molar-refractivity contribution in [3.63, 3.8) is 0 Å². The molecule has 2 nitrogen and oxygen atoms in total. The molecule has 2 heterocycles. The fourth-order valence-electron chi connectivity index (χ4n) is 1.74. The molecule has 1 aromatic carbocycles. The lowest BCUT2D eigenvalue weighted by molar-refractivity contribution is 1.31. The van der Waals surface area contributed by atoms with Crippen LogP contribution in [0.1, 0.15) is 5.56 Å². The average Bonchev–Trinajstić information content (AvgIpc) is 2.48. The van der Waals surface area contributed by atoms with Gasteiger partial charge in [-0.2, -0.15) is 0 Å². The molecule has 0 amide bonds. The molecule has 0 spiro atoms. The molecule has 72 valence electrons. The van der Waals surface area contributed by atoms with Gasteiger partial charge in [0, 0.05) is 18.0 Å². The van der Waals surface area contributed by atoms with E-state index >= 15 is 0 Å². The van der Waals surface area contributed by atoms with Gasteiger partial charge in [0.25, 0.3) is 0 Å². The Balaban J connectivity index is 2.36. The number of fused-ring (bicyclic) bond motifs is 2. The first-order valence-corrected chi connectivity index (χ1v) is 4.92. The Morgan fingerprint density at radius 3 is 2.73 bits per heavy atom. The molecule has 1 aliphatic rings. The highest BCUT2D eigenvalue weighted by molar-refractivity contribution is 5.68. The highest BCUT2D eigenvalue weighted by Crippen LogP contribution is 2.12. The molecule has 0 saturated heterocycles. The van der Waals surface area contributed by atoms with Crippen LogP contribution < -0.4 is 15.8 Å². The highest BCUT2D eigenvalue weighted by Gasteiger charge is 2.00. The maximum atomic E-state index is 4.29. The molecular formula is C13H10N2. The second-order valence-electron chi connectivity index (χ2n) is 3.50. The second-order valence-corrected chi connectivity index (χ2v) is 3.50. The van der Waals surface area contributed by atoms with Gasteiger partial charge in [0.15, 0.2) is 0 Å². The smallest absolute Gasteiger partial charge is 0.137 e. The summed E-state index contributed by atoms with van der Waals surface area (Å²) in [6.45, 7) is 0. The summed E-state index contributed by atoms with van der Waals surface area (Å²) in [6, 6.07) is 12.3. The Morgan fingerprint density at radius 2 is 1.80 bits per heavy atom. The van der Waals surface area contributed by atoms with E-state index in [1.807, 2.05) is 24.4 Å². The van der Waals surface area contributed by atoms with E-state index in [0.29, 0.717) is 0 Å². The van der Waals surface area contributed by atoms with Crippen molar-refractivity contribution in [1.82, 2.24) is 4.98 Å². The number of nitrogens with zero attached hydrogens (tertiary/aromatic N) is 1. The van der Waals surface area contributed by atoms with Gasteiger partial charge < -0.3 is 5.32 Å². The van der Waals surface area contributed by atoms with E-state index in [9.17, 15) is 0 Å². The van der Waals surface area contributed by atoms with Crippen molar-refractivity contribution in [3.8, 4) is 0 Å².